The van der Waals surface area contributed by atoms with Gasteiger partial charge in [0, 0.05) is 90.9 Å². The smallest absolute Gasteiger partial charge is 0.324 e. The molecular weight excluding hydrogens is 765 g/mol. The van der Waals surface area contributed by atoms with Crippen LogP contribution in [-0.4, -0.2) is 95.3 Å². The Labute approximate surface area is 329 Å². The van der Waals surface area contributed by atoms with Gasteiger partial charge in [-0.25, -0.2) is 18.0 Å². The third-order valence-corrected chi connectivity index (χ3v) is 11.9. The highest BCUT2D eigenvalue weighted by atomic mass is 33.2. The minimum absolute atomic E-state index is 0.302. The quantitative estimate of drug-likeness (QED) is 0.0541. The average molecular weight is 819 g/mol. The van der Waals surface area contributed by atoms with E-state index in [0.29, 0.717) is 48.5 Å². The van der Waals surface area contributed by atoms with Gasteiger partial charge in [-0.1, -0.05) is 18.2 Å². The van der Waals surface area contributed by atoms with Crippen molar-refractivity contribution in [1.29, 1.82) is 0 Å². The van der Waals surface area contributed by atoms with Crippen LogP contribution in [-0.2, 0) is 18.3 Å². The summed E-state index contributed by atoms with van der Waals surface area (Å²) in [5.41, 5.74) is 11.3. The van der Waals surface area contributed by atoms with Gasteiger partial charge in [0.15, 0.2) is 14.9 Å². The molecule has 0 spiro atoms. The second-order valence-corrected chi connectivity index (χ2v) is 18.1. The van der Waals surface area contributed by atoms with Crippen LogP contribution < -0.4 is 20.4 Å². The highest BCUT2D eigenvalue weighted by Gasteiger charge is 2.15. The molecular formula is C38H54N6O6S4. The van der Waals surface area contributed by atoms with Gasteiger partial charge in [0.1, 0.15) is 13.1 Å². The summed E-state index contributed by atoms with van der Waals surface area (Å²) in [6.07, 6.45) is 7.78. The Balaban J connectivity index is 0.000000325. The van der Waals surface area contributed by atoms with E-state index in [2.05, 4.69) is 50.2 Å². The summed E-state index contributed by atoms with van der Waals surface area (Å²) >= 11 is 0. The molecule has 1 aliphatic rings. The molecule has 0 unspecified atom stereocenters. The average Bonchev–Trinajstić information content (AvgIpc) is 3.12. The molecule has 1 aliphatic carbocycles. The summed E-state index contributed by atoms with van der Waals surface area (Å²) in [7, 11) is -3.90. The fraction of sp³-hybridized carbons (Fsp3) is 0.368. The second kappa shape index (κ2) is 22.5. The zero-order chi connectivity index (χ0) is 40.5. The van der Waals surface area contributed by atoms with E-state index in [9.17, 15) is 21.4 Å². The van der Waals surface area contributed by atoms with Gasteiger partial charge in [-0.2, -0.15) is 8.42 Å². The van der Waals surface area contributed by atoms with Crippen LogP contribution in [0.2, 0.25) is 0 Å². The van der Waals surface area contributed by atoms with Crippen molar-refractivity contribution in [2.75, 3.05) is 73.8 Å². The fourth-order valence-corrected chi connectivity index (χ4v) is 8.57. The largest absolute Gasteiger partial charge is 0.739 e. The second-order valence-electron chi connectivity index (χ2n) is 11.8. The molecule has 54 heavy (non-hydrogen) atoms. The molecule has 0 radical (unpaired) electrons. The number of allylic oxidation sites excluding steroid dienone is 4. The summed E-state index contributed by atoms with van der Waals surface area (Å²) in [4.78, 5) is 11.5. The van der Waals surface area contributed by atoms with Crippen LogP contribution in [0.1, 0.15) is 41.5 Å². The van der Waals surface area contributed by atoms with Crippen LogP contribution in [0.5, 0.6) is 0 Å². The maximum absolute atomic E-state index is 11.4. The summed E-state index contributed by atoms with van der Waals surface area (Å²) in [6.45, 7) is 17.3. The van der Waals surface area contributed by atoms with Gasteiger partial charge >= 0.3 is 9.15 Å². The van der Waals surface area contributed by atoms with Gasteiger partial charge in [-0.15, -0.1) is 0 Å². The first kappa shape index (κ1) is 46.4. The van der Waals surface area contributed by atoms with Gasteiger partial charge in [0.25, 0.3) is 0 Å². The predicted molar refractivity (Wildman–Crippen MR) is 230 cm³/mol. The van der Waals surface area contributed by atoms with Crippen LogP contribution in [0.3, 0.4) is 0 Å². The monoisotopic (exact) mass is 818 g/mol. The van der Waals surface area contributed by atoms with Crippen molar-refractivity contribution in [1.82, 2.24) is 0 Å². The highest BCUT2D eigenvalue weighted by molar-refractivity contribution is 8.70. The third-order valence-electron chi connectivity index (χ3n) is 8.09. The molecule has 3 aromatic carbocycles. The number of aliphatic imine (C=N–C) groups is 1. The van der Waals surface area contributed by atoms with E-state index in [1.165, 1.54) is 5.69 Å². The van der Waals surface area contributed by atoms with E-state index in [1.54, 1.807) is 24.3 Å². The summed E-state index contributed by atoms with van der Waals surface area (Å²) in [6, 6.07) is 20.8. The Morgan fingerprint density at radius 1 is 0.704 bits per heavy atom. The zero-order valence-electron chi connectivity index (χ0n) is 32.3. The van der Waals surface area contributed by atoms with Crippen LogP contribution >= 0.6 is 21.6 Å². The minimum atomic E-state index is -4.49. The van der Waals surface area contributed by atoms with Crippen molar-refractivity contribution in [2.45, 2.75) is 51.3 Å². The van der Waals surface area contributed by atoms with Crippen LogP contribution in [0, 0.1) is 0 Å². The topological polar surface area (TPSA) is 163 Å². The maximum atomic E-state index is 11.4. The van der Waals surface area contributed by atoms with Crippen molar-refractivity contribution >= 4 is 79.7 Å². The molecule has 12 nitrogen and oxygen atoms in total. The maximum Gasteiger partial charge on any atom is 0.324 e. The number of nitrogens with zero attached hydrogens (tertiary/aromatic N) is 5. The molecule has 0 saturated heterocycles. The molecule has 296 valence electrons. The van der Waals surface area contributed by atoms with E-state index in [-0.39, 0.29) is 0 Å². The predicted octanol–water partition coefficient (Wildman–Crippen LogP) is 7.54. The van der Waals surface area contributed by atoms with Crippen molar-refractivity contribution < 1.29 is 30.5 Å². The number of hydrogen-bond acceptors (Lipinski definition) is 12. The standard InChI is InChI=1S/C20H27N3O3S2.C10H16N2O3S2.C8H11N/c1-5-22(6-2)17-11-9-16(10-12-17)21-19-14-13-18(23(7-3)8-4)15-20(19)27-28(24,25)26;1-3-12(4-2)8-5-6-9(11)10(7-8)16-17(13,14)15;1-9(2)8-6-4-3-5-7-8/h9-15H,5-8H2,1-4H3;5-7H,3-4,11H2,1-2H3,(H,13,14,15);3-7H,1-2H3. The molecule has 0 saturated carbocycles. The zero-order valence-corrected chi connectivity index (χ0v) is 35.6. The van der Waals surface area contributed by atoms with Gasteiger partial charge in [0.05, 0.1) is 16.3 Å². The van der Waals surface area contributed by atoms with E-state index in [0.717, 1.165) is 56.4 Å². The van der Waals surface area contributed by atoms with Gasteiger partial charge in [0.2, 0.25) is 0 Å². The number of nitrogens with two attached hydrogens (primary N) is 1. The van der Waals surface area contributed by atoms with Crippen LogP contribution in [0.25, 0.3) is 0 Å². The van der Waals surface area contributed by atoms with Gasteiger partial charge in [-0.05, 0) is 113 Å². The number of rotatable bonds is 14. The molecule has 3 N–H and O–H groups in total. The Morgan fingerprint density at radius 2 is 1.20 bits per heavy atom. The molecule has 0 aliphatic heterocycles. The highest BCUT2D eigenvalue weighted by Crippen LogP contribution is 2.36. The molecule has 0 atom stereocenters. The molecule has 4 rings (SSSR count). The number of hydrogen-bond donors (Lipinski definition) is 2. The molecule has 0 aromatic heterocycles. The SMILES string of the molecule is CCN(CC)c1ccc(N)c(SS(=O)(=O)O)c1.CCN(CC)c1ccc(N=C2C=CC(=[N+](CC)CC)C=C2)c(SS(=O)(=O)[O-])c1.CN(C)c1ccccc1. The Hall–Kier alpha value is -3.80. The third kappa shape index (κ3) is 15.9. The first-order valence-corrected chi connectivity index (χ1v) is 23.1. The Bertz CT molecular complexity index is 1970. The molecule has 0 bridgehead atoms. The van der Waals surface area contributed by atoms with Crippen molar-refractivity contribution in [3.05, 3.63) is 91.0 Å². The van der Waals surface area contributed by atoms with E-state index in [4.69, 9.17) is 10.3 Å². The van der Waals surface area contributed by atoms with Crippen molar-refractivity contribution in [3.8, 4) is 0 Å². The fourth-order valence-electron chi connectivity index (χ4n) is 5.24. The van der Waals surface area contributed by atoms with E-state index >= 15 is 0 Å². The number of benzene rings is 3. The lowest BCUT2D eigenvalue weighted by atomic mass is 10.1. The molecule has 16 heteroatoms. The number of para-hydroxylation sites is 1. The molecule has 0 amide bonds. The Kier molecular flexibility index (Phi) is 19.4. The summed E-state index contributed by atoms with van der Waals surface area (Å²) in [5.74, 6) is 0. The Morgan fingerprint density at radius 3 is 1.63 bits per heavy atom. The lowest BCUT2D eigenvalue weighted by Gasteiger charge is -2.22. The summed E-state index contributed by atoms with van der Waals surface area (Å²) < 4.78 is 66.8. The normalized spacial score (nSPS) is 12.3. The molecule has 0 heterocycles. The summed E-state index contributed by atoms with van der Waals surface area (Å²) in [5, 5.41) is 0. The molecule has 3 aromatic rings. The van der Waals surface area contributed by atoms with Crippen molar-refractivity contribution in [2.24, 2.45) is 4.99 Å². The number of nitrogen functional groups attached to an aromatic ring is 1. The van der Waals surface area contributed by atoms with Gasteiger partial charge in [-0.3, -0.25) is 4.55 Å². The van der Waals surface area contributed by atoms with E-state index < -0.39 is 18.3 Å². The minimum Gasteiger partial charge on any atom is -0.739 e. The van der Waals surface area contributed by atoms with Gasteiger partial charge < -0.3 is 25.0 Å². The first-order chi connectivity index (χ1) is 25.5. The lowest BCUT2D eigenvalue weighted by Crippen LogP contribution is -2.21. The number of anilines is 4. The van der Waals surface area contributed by atoms with Crippen LogP contribution in [0.15, 0.2) is 106 Å². The lowest BCUT2D eigenvalue weighted by molar-refractivity contribution is -0.519. The van der Waals surface area contributed by atoms with Crippen LogP contribution in [0.4, 0.5) is 28.4 Å². The molecule has 0 fully saturated rings. The first-order valence-electron chi connectivity index (χ1n) is 17.6. The van der Waals surface area contributed by atoms with E-state index in [1.807, 2.05) is 96.4 Å². The van der Waals surface area contributed by atoms with Crippen molar-refractivity contribution in [3.63, 3.8) is 0 Å².